The largest absolute Gasteiger partial charge is 0.449 e. The topological polar surface area (TPSA) is 68.3 Å². The van der Waals surface area contributed by atoms with E-state index in [1.165, 1.54) is 13.0 Å². The van der Waals surface area contributed by atoms with Gasteiger partial charge in [0.15, 0.2) is 17.7 Å². The summed E-state index contributed by atoms with van der Waals surface area (Å²) in [5.74, 6) is -3.45. The molecule has 1 amide bonds. The molecule has 1 N–H and O–H groups in total. The molecule has 3 aromatic rings. The maximum Gasteiger partial charge on any atom is 0.339 e. The van der Waals surface area contributed by atoms with E-state index in [0.717, 1.165) is 12.1 Å². The van der Waals surface area contributed by atoms with E-state index in [9.17, 15) is 18.4 Å². The number of esters is 1. The third-order valence-corrected chi connectivity index (χ3v) is 3.90. The number of hydrogen-bond donors (Lipinski definition) is 1. The first-order chi connectivity index (χ1) is 12.8. The van der Waals surface area contributed by atoms with Crippen LogP contribution in [0.4, 0.5) is 14.5 Å². The van der Waals surface area contributed by atoms with Gasteiger partial charge in [-0.2, -0.15) is 0 Å². The Morgan fingerprint density at radius 2 is 1.81 bits per heavy atom. The number of rotatable bonds is 4. The number of hydrogen-bond acceptors (Lipinski definition) is 4. The van der Waals surface area contributed by atoms with E-state index in [0.29, 0.717) is 22.2 Å². The highest BCUT2D eigenvalue weighted by molar-refractivity contribution is 6.05. The summed E-state index contributed by atoms with van der Waals surface area (Å²) in [6, 6.07) is 11.6. The number of para-hydroxylation sites is 1. The van der Waals surface area contributed by atoms with Crippen LogP contribution in [0, 0.1) is 18.6 Å². The van der Waals surface area contributed by atoms with E-state index in [4.69, 9.17) is 4.74 Å². The van der Waals surface area contributed by atoms with Crippen molar-refractivity contribution in [2.75, 3.05) is 5.32 Å². The Kier molecular flexibility index (Phi) is 5.12. The highest BCUT2D eigenvalue weighted by Gasteiger charge is 2.21. The Balaban J connectivity index is 1.75. The molecule has 27 heavy (non-hydrogen) atoms. The maximum atomic E-state index is 13.2. The van der Waals surface area contributed by atoms with Crippen LogP contribution in [-0.2, 0) is 9.53 Å². The van der Waals surface area contributed by atoms with Crippen molar-refractivity contribution in [2.24, 2.45) is 0 Å². The van der Waals surface area contributed by atoms with E-state index in [2.05, 4.69) is 10.3 Å². The van der Waals surface area contributed by atoms with Crippen LogP contribution < -0.4 is 5.32 Å². The van der Waals surface area contributed by atoms with Crippen LogP contribution >= 0.6 is 0 Å². The Morgan fingerprint density at radius 3 is 2.56 bits per heavy atom. The van der Waals surface area contributed by atoms with Crippen LogP contribution in [0.2, 0.25) is 0 Å². The molecule has 138 valence electrons. The highest BCUT2D eigenvalue weighted by atomic mass is 19.2. The Bertz CT molecular complexity index is 1040. The van der Waals surface area contributed by atoms with E-state index < -0.39 is 29.6 Å². The van der Waals surface area contributed by atoms with Gasteiger partial charge >= 0.3 is 5.97 Å². The first-order valence-corrected chi connectivity index (χ1v) is 8.18. The molecule has 0 bridgehead atoms. The van der Waals surface area contributed by atoms with E-state index in [1.54, 1.807) is 31.2 Å². The Hall–Kier alpha value is -3.35. The second kappa shape index (κ2) is 7.49. The molecule has 0 aliphatic carbocycles. The number of fused-ring (bicyclic) bond motifs is 1. The third-order valence-electron chi connectivity index (χ3n) is 3.90. The lowest BCUT2D eigenvalue weighted by molar-refractivity contribution is -0.123. The van der Waals surface area contributed by atoms with Crippen LogP contribution in [0.1, 0.15) is 23.0 Å². The van der Waals surface area contributed by atoms with Crippen molar-refractivity contribution in [3.63, 3.8) is 0 Å². The van der Waals surface area contributed by atoms with Gasteiger partial charge in [-0.25, -0.2) is 13.6 Å². The summed E-state index contributed by atoms with van der Waals surface area (Å²) < 4.78 is 31.4. The van der Waals surface area contributed by atoms with Crippen molar-refractivity contribution in [3.8, 4) is 0 Å². The molecule has 3 rings (SSSR count). The fraction of sp³-hybridized carbons (Fsp3) is 0.150. The lowest BCUT2D eigenvalue weighted by Crippen LogP contribution is -2.30. The predicted molar refractivity (Wildman–Crippen MR) is 96.3 cm³/mol. The number of ether oxygens (including phenoxy) is 1. The van der Waals surface area contributed by atoms with Crippen molar-refractivity contribution in [1.82, 2.24) is 4.98 Å². The maximum absolute atomic E-state index is 13.2. The van der Waals surface area contributed by atoms with Gasteiger partial charge in [-0.15, -0.1) is 0 Å². The van der Waals surface area contributed by atoms with Crippen molar-refractivity contribution in [3.05, 3.63) is 71.4 Å². The molecule has 0 unspecified atom stereocenters. The van der Waals surface area contributed by atoms with Gasteiger partial charge in [0, 0.05) is 22.8 Å². The zero-order chi connectivity index (χ0) is 19.6. The van der Waals surface area contributed by atoms with Crippen LogP contribution in [0.25, 0.3) is 10.9 Å². The Morgan fingerprint density at radius 1 is 1.07 bits per heavy atom. The zero-order valence-electron chi connectivity index (χ0n) is 14.6. The number of anilines is 1. The summed E-state index contributed by atoms with van der Waals surface area (Å²) in [4.78, 5) is 29.1. The van der Waals surface area contributed by atoms with E-state index >= 15 is 0 Å². The number of benzene rings is 2. The minimum Gasteiger partial charge on any atom is -0.449 e. The molecule has 5 nitrogen and oxygen atoms in total. The van der Waals surface area contributed by atoms with Gasteiger partial charge in [-0.05, 0) is 38.1 Å². The molecule has 0 spiro atoms. The summed E-state index contributed by atoms with van der Waals surface area (Å²) in [6.07, 6.45) is -1.14. The van der Waals surface area contributed by atoms with Gasteiger partial charge in [0.2, 0.25) is 0 Å². The summed E-state index contributed by atoms with van der Waals surface area (Å²) in [7, 11) is 0. The van der Waals surface area contributed by atoms with Crippen molar-refractivity contribution in [2.45, 2.75) is 20.0 Å². The van der Waals surface area contributed by atoms with E-state index in [-0.39, 0.29) is 5.69 Å². The highest BCUT2D eigenvalue weighted by Crippen LogP contribution is 2.20. The minimum atomic E-state index is -1.14. The molecule has 0 radical (unpaired) electrons. The quantitative estimate of drug-likeness (QED) is 0.705. The van der Waals surface area contributed by atoms with Crippen LogP contribution in [0.15, 0.2) is 48.5 Å². The molecule has 1 atom stereocenters. The fourth-order valence-electron chi connectivity index (χ4n) is 2.57. The molecule has 7 heteroatoms. The Labute approximate surface area is 154 Å². The number of aryl methyl sites for hydroxylation is 1. The normalized spacial score (nSPS) is 11.9. The van der Waals surface area contributed by atoms with Crippen molar-refractivity contribution < 1.29 is 23.1 Å². The summed E-state index contributed by atoms with van der Waals surface area (Å²) >= 11 is 0. The third kappa shape index (κ3) is 4.08. The molecular weight excluding hydrogens is 354 g/mol. The number of halogens is 2. The number of carbonyl (C=O) groups excluding carboxylic acids is 2. The first-order valence-electron chi connectivity index (χ1n) is 8.18. The van der Waals surface area contributed by atoms with Crippen LogP contribution in [0.5, 0.6) is 0 Å². The molecule has 0 saturated heterocycles. The number of amides is 1. The van der Waals surface area contributed by atoms with Gasteiger partial charge < -0.3 is 10.1 Å². The minimum absolute atomic E-state index is 0.0620. The summed E-state index contributed by atoms with van der Waals surface area (Å²) in [5, 5.41) is 2.99. The van der Waals surface area contributed by atoms with Crippen molar-refractivity contribution >= 4 is 28.5 Å². The smallest absolute Gasteiger partial charge is 0.339 e. The average molecular weight is 370 g/mol. The second-order valence-electron chi connectivity index (χ2n) is 5.99. The summed E-state index contributed by atoms with van der Waals surface area (Å²) in [5.41, 5.74) is 1.64. The summed E-state index contributed by atoms with van der Waals surface area (Å²) in [6.45, 7) is 3.14. The van der Waals surface area contributed by atoms with Crippen molar-refractivity contribution in [1.29, 1.82) is 0 Å². The number of carbonyl (C=O) groups is 2. The monoisotopic (exact) mass is 370 g/mol. The number of nitrogens with one attached hydrogen (secondary N) is 1. The predicted octanol–water partition coefficient (Wildman–Crippen LogP) is 4.01. The molecule has 1 heterocycles. The molecule has 0 aliphatic heterocycles. The standard InChI is InChI=1S/C20H16F2N2O3/c1-11-9-15(14-5-3-4-6-18(14)23-11)20(26)27-12(2)19(25)24-13-7-8-16(21)17(22)10-13/h3-10,12H,1-2H3,(H,24,25)/t12-/m1/s1. The molecule has 2 aromatic carbocycles. The molecule has 0 saturated carbocycles. The molecular formula is C20H16F2N2O3. The number of nitrogens with zero attached hydrogens (tertiary/aromatic N) is 1. The van der Waals surface area contributed by atoms with Gasteiger partial charge in [0.1, 0.15) is 0 Å². The zero-order valence-corrected chi connectivity index (χ0v) is 14.6. The van der Waals surface area contributed by atoms with Gasteiger partial charge in [-0.1, -0.05) is 18.2 Å². The SMILES string of the molecule is Cc1cc(C(=O)O[C@H](C)C(=O)Nc2ccc(F)c(F)c2)c2ccccc2n1. The van der Waals surface area contributed by atoms with E-state index in [1.807, 2.05) is 6.07 Å². The number of pyridine rings is 1. The molecule has 0 fully saturated rings. The number of aromatic nitrogens is 1. The molecule has 1 aromatic heterocycles. The first kappa shape index (κ1) is 18.4. The fourth-order valence-corrected chi connectivity index (χ4v) is 2.57. The van der Waals surface area contributed by atoms with Gasteiger partial charge in [0.25, 0.3) is 5.91 Å². The lowest BCUT2D eigenvalue weighted by Gasteiger charge is -2.15. The lowest BCUT2D eigenvalue weighted by atomic mass is 10.1. The van der Waals surface area contributed by atoms with Crippen LogP contribution in [-0.4, -0.2) is 23.0 Å². The van der Waals surface area contributed by atoms with Gasteiger partial charge in [0.05, 0.1) is 11.1 Å². The second-order valence-corrected chi connectivity index (χ2v) is 5.99. The average Bonchev–Trinajstić information content (AvgIpc) is 2.63. The van der Waals surface area contributed by atoms with Gasteiger partial charge in [-0.3, -0.25) is 9.78 Å². The van der Waals surface area contributed by atoms with Crippen LogP contribution in [0.3, 0.4) is 0 Å². The molecule has 0 aliphatic rings.